The van der Waals surface area contributed by atoms with Gasteiger partial charge >= 0.3 is 12.0 Å². The average molecular weight is 282 g/mol. The van der Waals surface area contributed by atoms with E-state index in [4.69, 9.17) is 5.11 Å². The van der Waals surface area contributed by atoms with Crippen LogP contribution in [0.1, 0.15) is 57.8 Å². The molecule has 2 amide bonds. The molecule has 1 aliphatic carbocycles. The highest BCUT2D eigenvalue weighted by atomic mass is 16.4. The number of carbonyl (C=O) groups is 2. The molecule has 1 aliphatic heterocycles. The van der Waals surface area contributed by atoms with E-state index in [1.807, 2.05) is 4.90 Å². The number of aliphatic carboxylic acids is 1. The standard InChI is InChI=1S/C15H26N2O3/c18-14(19)9-4-10-16-15(20)17-11-5-8-13(17)12-6-2-1-3-7-12/h12-13H,1-11H2,(H,16,20)(H,18,19). The second kappa shape index (κ2) is 7.50. The lowest BCUT2D eigenvalue weighted by atomic mass is 9.83. The van der Waals surface area contributed by atoms with Crippen LogP contribution in [0.3, 0.4) is 0 Å². The molecule has 5 heteroatoms. The van der Waals surface area contributed by atoms with Gasteiger partial charge in [0.15, 0.2) is 0 Å². The molecule has 2 rings (SSSR count). The lowest BCUT2D eigenvalue weighted by Gasteiger charge is -2.34. The third kappa shape index (κ3) is 4.12. The fourth-order valence-electron chi connectivity index (χ4n) is 3.59. The SMILES string of the molecule is O=C(O)CCCNC(=O)N1CCCC1C1CCCCC1. The first-order valence-electron chi connectivity index (χ1n) is 7.95. The Balaban J connectivity index is 1.77. The van der Waals surface area contributed by atoms with Gasteiger partial charge < -0.3 is 15.3 Å². The van der Waals surface area contributed by atoms with E-state index in [2.05, 4.69) is 5.32 Å². The van der Waals surface area contributed by atoms with Gasteiger partial charge in [-0.3, -0.25) is 4.79 Å². The van der Waals surface area contributed by atoms with Gasteiger partial charge in [0.1, 0.15) is 0 Å². The molecule has 1 atom stereocenters. The maximum atomic E-state index is 12.2. The smallest absolute Gasteiger partial charge is 0.317 e. The van der Waals surface area contributed by atoms with Crippen LogP contribution in [0.25, 0.3) is 0 Å². The molecule has 0 aromatic rings. The molecule has 20 heavy (non-hydrogen) atoms. The van der Waals surface area contributed by atoms with Gasteiger partial charge in [0.05, 0.1) is 0 Å². The summed E-state index contributed by atoms with van der Waals surface area (Å²) in [5, 5.41) is 11.5. The van der Waals surface area contributed by atoms with E-state index in [0.717, 1.165) is 19.4 Å². The molecule has 1 saturated carbocycles. The molecule has 0 radical (unpaired) electrons. The molecular formula is C15H26N2O3. The summed E-state index contributed by atoms with van der Waals surface area (Å²) < 4.78 is 0. The van der Waals surface area contributed by atoms with E-state index in [1.54, 1.807) is 0 Å². The zero-order valence-electron chi connectivity index (χ0n) is 12.1. The molecular weight excluding hydrogens is 256 g/mol. The fraction of sp³-hybridized carbons (Fsp3) is 0.867. The molecule has 0 bridgehead atoms. The van der Waals surface area contributed by atoms with Crippen molar-refractivity contribution in [2.24, 2.45) is 5.92 Å². The van der Waals surface area contributed by atoms with Crippen LogP contribution in [0, 0.1) is 5.92 Å². The minimum Gasteiger partial charge on any atom is -0.481 e. The number of nitrogens with one attached hydrogen (secondary N) is 1. The predicted octanol–water partition coefficient (Wildman–Crippen LogP) is 2.61. The van der Waals surface area contributed by atoms with Crippen molar-refractivity contribution in [1.29, 1.82) is 0 Å². The molecule has 1 heterocycles. The zero-order valence-corrected chi connectivity index (χ0v) is 12.1. The summed E-state index contributed by atoms with van der Waals surface area (Å²) in [6.07, 6.45) is 9.31. The van der Waals surface area contributed by atoms with Gasteiger partial charge in [-0.15, -0.1) is 0 Å². The van der Waals surface area contributed by atoms with E-state index < -0.39 is 5.97 Å². The first-order chi connectivity index (χ1) is 9.68. The summed E-state index contributed by atoms with van der Waals surface area (Å²) in [6, 6.07) is 0.415. The van der Waals surface area contributed by atoms with Crippen molar-refractivity contribution in [3.8, 4) is 0 Å². The van der Waals surface area contributed by atoms with Crippen molar-refractivity contribution in [2.75, 3.05) is 13.1 Å². The van der Waals surface area contributed by atoms with Crippen LogP contribution in [-0.4, -0.2) is 41.1 Å². The Morgan fingerprint density at radius 3 is 2.55 bits per heavy atom. The molecule has 5 nitrogen and oxygen atoms in total. The molecule has 2 aliphatic rings. The number of likely N-dealkylation sites (tertiary alicyclic amines) is 1. The van der Waals surface area contributed by atoms with Crippen LogP contribution < -0.4 is 5.32 Å². The predicted molar refractivity (Wildman–Crippen MR) is 76.6 cm³/mol. The van der Waals surface area contributed by atoms with E-state index in [9.17, 15) is 9.59 Å². The Hall–Kier alpha value is -1.26. The zero-order chi connectivity index (χ0) is 14.4. The summed E-state index contributed by atoms with van der Waals surface area (Å²) in [6.45, 7) is 1.31. The normalized spacial score (nSPS) is 23.8. The van der Waals surface area contributed by atoms with E-state index in [0.29, 0.717) is 24.9 Å². The highest BCUT2D eigenvalue weighted by molar-refractivity contribution is 5.75. The third-order valence-electron chi connectivity index (χ3n) is 4.60. The monoisotopic (exact) mass is 282 g/mol. The van der Waals surface area contributed by atoms with Crippen molar-refractivity contribution in [1.82, 2.24) is 10.2 Å². The number of carboxylic acid groups (broad SMARTS) is 1. The minimum atomic E-state index is -0.805. The van der Waals surface area contributed by atoms with Gasteiger partial charge in [-0.25, -0.2) is 4.79 Å². The van der Waals surface area contributed by atoms with Gasteiger partial charge in [-0.2, -0.15) is 0 Å². The quantitative estimate of drug-likeness (QED) is 0.761. The van der Waals surface area contributed by atoms with Gasteiger partial charge in [-0.05, 0) is 38.0 Å². The number of amides is 2. The molecule has 0 spiro atoms. The molecule has 0 aromatic heterocycles. The van der Waals surface area contributed by atoms with Gasteiger partial charge in [-0.1, -0.05) is 19.3 Å². The number of nitrogens with zero attached hydrogens (tertiary/aromatic N) is 1. The third-order valence-corrected chi connectivity index (χ3v) is 4.60. The summed E-state index contributed by atoms with van der Waals surface area (Å²) in [5.41, 5.74) is 0. The summed E-state index contributed by atoms with van der Waals surface area (Å²) in [7, 11) is 0. The minimum absolute atomic E-state index is 0.00321. The van der Waals surface area contributed by atoms with Crippen molar-refractivity contribution < 1.29 is 14.7 Å². The van der Waals surface area contributed by atoms with E-state index >= 15 is 0 Å². The largest absolute Gasteiger partial charge is 0.481 e. The van der Waals surface area contributed by atoms with Crippen molar-refractivity contribution in [2.45, 2.75) is 63.8 Å². The van der Waals surface area contributed by atoms with Gasteiger partial charge in [0.2, 0.25) is 0 Å². The van der Waals surface area contributed by atoms with Crippen molar-refractivity contribution >= 4 is 12.0 Å². The maximum absolute atomic E-state index is 12.2. The number of rotatable bonds is 5. The Labute approximate surface area is 120 Å². The number of hydrogen-bond acceptors (Lipinski definition) is 2. The Bertz CT molecular complexity index is 340. The second-order valence-corrected chi connectivity index (χ2v) is 6.03. The van der Waals surface area contributed by atoms with E-state index in [1.165, 1.54) is 32.1 Å². The highest BCUT2D eigenvalue weighted by Gasteiger charge is 2.34. The van der Waals surface area contributed by atoms with E-state index in [-0.39, 0.29) is 12.5 Å². The van der Waals surface area contributed by atoms with Crippen LogP contribution in [0.5, 0.6) is 0 Å². The van der Waals surface area contributed by atoms with Crippen molar-refractivity contribution in [3.05, 3.63) is 0 Å². The fourth-order valence-corrected chi connectivity index (χ4v) is 3.59. The Morgan fingerprint density at radius 1 is 1.10 bits per heavy atom. The first kappa shape index (κ1) is 15.1. The second-order valence-electron chi connectivity index (χ2n) is 6.03. The van der Waals surface area contributed by atoms with Crippen LogP contribution in [0.15, 0.2) is 0 Å². The van der Waals surface area contributed by atoms with Crippen LogP contribution in [0.2, 0.25) is 0 Å². The number of urea groups is 1. The number of hydrogen-bond donors (Lipinski definition) is 2. The van der Waals surface area contributed by atoms with Crippen LogP contribution in [0.4, 0.5) is 4.79 Å². The Kier molecular flexibility index (Phi) is 5.68. The van der Waals surface area contributed by atoms with Gasteiger partial charge in [0, 0.05) is 25.6 Å². The Morgan fingerprint density at radius 2 is 1.85 bits per heavy atom. The van der Waals surface area contributed by atoms with Crippen molar-refractivity contribution in [3.63, 3.8) is 0 Å². The summed E-state index contributed by atoms with van der Waals surface area (Å²) in [5.74, 6) is -0.128. The van der Waals surface area contributed by atoms with Crippen LogP contribution in [-0.2, 0) is 4.79 Å². The molecule has 2 N–H and O–H groups in total. The lowest BCUT2D eigenvalue weighted by molar-refractivity contribution is -0.137. The molecule has 114 valence electrons. The molecule has 1 saturated heterocycles. The highest BCUT2D eigenvalue weighted by Crippen LogP contribution is 2.34. The first-order valence-corrected chi connectivity index (χ1v) is 7.95. The van der Waals surface area contributed by atoms with Crippen LogP contribution >= 0.6 is 0 Å². The van der Waals surface area contributed by atoms with Gasteiger partial charge in [0.25, 0.3) is 0 Å². The molecule has 0 aromatic carbocycles. The maximum Gasteiger partial charge on any atom is 0.317 e. The summed E-state index contributed by atoms with van der Waals surface area (Å²) >= 11 is 0. The average Bonchev–Trinajstić information content (AvgIpc) is 2.93. The molecule has 1 unspecified atom stereocenters. The number of carboxylic acids is 1. The summed E-state index contributed by atoms with van der Waals surface area (Å²) in [4.78, 5) is 24.6. The molecule has 2 fully saturated rings. The lowest BCUT2D eigenvalue weighted by Crippen LogP contribution is -2.46. The number of carbonyl (C=O) groups excluding carboxylic acids is 1. The topological polar surface area (TPSA) is 69.6 Å².